The van der Waals surface area contributed by atoms with Crippen molar-refractivity contribution in [3.63, 3.8) is 0 Å². The maximum absolute atomic E-state index is 12.4. The number of methoxy groups -OCH3 is 1. The van der Waals surface area contributed by atoms with Crippen LogP contribution in [0.3, 0.4) is 0 Å². The number of anilines is 1. The lowest BCUT2D eigenvalue weighted by Crippen LogP contribution is -2.44. The smallest absolute Gasteiger partial charge is 0.408 e. The summed E-state index contributed by atoms with van der Waals surface area (Å²) in [6.45, 7) is 5.07. The van der Waals surface area contributed by atoms with Gasteiger partial charge in [0.05, 0.1) is 12.7 Å². The van der Waals surface area contributed by atoms with E-state index in [1.807, 2.05) is 0 Å². The maximum atomic E-state index is 12.4. The van der Waals surface area contributed by atoms with Crippen molar-refractivity contribution in [3.8, 4) is 0 Å². The van der Waals surface area contributed by atoms with E-state index in [0.717, 1.165) is 0 Å². The average Bonchev–Trinajstić information content (AvgIpc) is 2.68. The Kier molecular flexibility index (Phi) is 7.57. The molecule has 0 unspecified atom stereocenters. The lowest BCUT2D eigenvalue weighted by Gasteiger charge is -2.22. The van der Waals surface area contributed by atoms with Gasteiger partial charge in [-0.05, 0) is 56.2 Å². The number of nitrogens with one attached hydrogen (secondary N) is 2. The first-order valence-corrected chi connectivity index (χ1v) is 9.63. The standard InChI is InChI=1S/C22H26N2O7/c1-22(2,3)31-21(29)24-17(20(28)30-4)10-11-18(25)23-14-8-9-15-13(12-14)6-5-7-16(15)19(26)27/h5-9,12,17H,10-11H2,1-4H3,(H,23,25)(H,24,29)(H,26,27)/t17-/m0/s1. The number of carbonyl (C=O) groups is 4. The van der Waals surface area contributed by atoms with E-state index in [-0.39, 0.29) is 24.3 Å². The first-order chi connectivity index (χ1) is 14.5. The van der Waals surface area contributed by atoms with Gasteiger partial charge in [-0.1, -0.05) is 18.2 Å². The number of amides is 2. The van der Waals surface area contributed by atoms with Gasteiger partial charge in [0.15, 0.2) is 0 Å². The molecule has 2 aromatic rings. The highest BCUT2D eigenvalue weighted by molar-refractivity contribution is 6.05. The topological polar surface area (TPSA) is 131 Å². The molecule has 0 aliphatic heterocycles. The summed E-state index contributed by atoms with van der Waals surface area (Å²) >= 11 is 0. The third kappa shape index (κ3) is 6.98. The minimum atomic E-state index is -1.04. The largest absolute Gasteiger partial charge is 0.478 e. The lowest BCUT2D eigenvalue weighted by molar-refractivity contribution is -0.143. The minimum Gasteiger partial charge on any atom is -0.478 e. The SMILES string of the molecule is COC(=O)[C@H](CCC(=O)Nc1ccc2c(C(=O)O)cccc2c1)NC(=O)OC(C)(C)C. The molecule has 9 nitrogen and oxygen atoms in total. The van der Waals surface area contributed by atoms with Gasteiger partial charge < -0.3 is 25.2 Å². The van der Waals surface area contributed by atoms with E-state index >= 15 is 0 Å². The van der Waals surface area contributed by atoms with Gasteiger partial charge in [-0.15, -0.1) is 0 Å². The van der Waals surface area contributed by atoms with Gasteiger partial charge in [0.25, 0.3) is 0 Å². The number of rotatable bonds is 7. The lowest BCUT2D eigenvalue weighted by atomic mass is 10.0. The monoisotopic (exact) mass is 430 g/mol. The first kappa shape index (κ1) is 23.7. The molecule has 0 heterocycles. The van der Waals surface area contributed by atoms with E-state index in [9.17, 15) is 24.3 Å². The Labute approximate surface area is 179 Å². The molecule has 31 heavy (non-hydrogen) atoms. The van der Waals surface area contributed by atoms with Crippen LogP contribution >= 0.6 is 0 Å². The quantitative estimate of drug-likeness (QED) is 0.574. The second-order valence-corrected chi connectivity index (χ2v) is 7.86. The van der Waals surface area contributed by atoms with E-state index in [4.69, 9.17) is 4.74 Å². The molecule has 0 aromatic heterocycles. The molecule has 2 rings (SSSR count). The highest BCUT2D eigenvalue weighted by Crippen LogP contribution is 2.23. The van der Waals surface area contributed by atoms with E-state index < -0.39 is 29.7 Å². The number of carboxylic acids is 1. The van der Waals surface area contributed by atoms with Crippen LogP contribution in [0, 0.1) is 0 Å². The molecule has 0 saturated carbocycles. The maximum Gasteiger partial charge on any atom is 0.408 e. The summed E-state index contributed by atoms with van der Waals surface area (Å²) in [5.41, 5.74) is -0.0853. The molecule has 3 N–H and O–H groups in total. The molecule has 9 heteroatoms. The molecular weight excluding hydrogens is 404 g/mol. The van der Waals surface area contributed by atoms with Crippen molar-refractivity contribution < 1.29 is 33.8 Å². The molecule has 166 valence electrons. The fourth-order valence-corrected chi connectivity index (χ4v) is 2.89. The number of carbonyl (C=O) groups excluding carboxylic acids is 3. The van der Waals surface area contributed by atoms with Crippen LogP contribution < -0.4 is 10.6 Å². The van der Waals surface area contributed by atoms with Crippen molar-refractivity contribution in [2.45, 2.75) is 45.3 Å². The Morgan fingerprint density at radius 2 is 1.81 bits per heavy atom. The van der Waals surface area contributed by atoms with Gasteiger partial charge in [-0.25, -0.2) is 14.4 Å². The number of fused-ring (bicyclic) bond motifs is 1. The number of hydrogen-bond acceptors (Lipinski definition) is 6. The molecule has 2 amide bonds. The third-order valence-electron chi connectivity index (χ3n) is 4.23. The summed E-state index contributed by atoms with van der Waals surface area (Å²) in [7, 11) is 1.19. The van der Waals surface area contributed by atoms with Crippen LogP contribution in [0.15, 0.2) is 36.4 Å². The van der Waals surface area contributed by atoms with E-state index in [1.54, 1.807) is 51.1 Å². The number of esters is 1. The normalized spacial score (nSPS) is 12.0. The second kappa shape index (κ2) is 9.92. The number of aromatic carboxylic acids is 1. The van der Waals surface area contributed by atoms with Crippen LogP contribution in [0.5, 0.6) is 0 Å². The molecule has 0 aliphatic rings. The molecule has 1 atom stereocenters. The zero-order valence-electron chi connectivity index (χ0n) is 17.9. The molecule has 2 aromatic carbocycles. The Balaban J connectivity index is 2.02. The molecule has 0 spiro atoms. The van der Waals surface area contributed by atoms with Crippen LogP contribution in [0.1, 0.15) is 44.0 Å². The van der Waals surface area contributed by atoms with Crippen molar-refractivity contribution >= 4 is 40.4 Å². The number of hydrogen-bond donors (Lipinski definition) is 3. The van der Waals surface area contributed by atoms with Crippen molar-refractivity contribution in [1.82, 2.24) is 5.32 Å². The van der Waals surface area contributed by atoms with Crippen molar-refractivity contribution in [1.29, 1.82) is 0 Å². The Morgan fingerprint density at radius 3 is 2.42 bits per heavy atom. The van der Waals surface area contributed by atoms with Crippen molar-refractivity contribution in [2.24, 2.45) is 0 Å². The number of alkyl carbamates (subject to hydrolysis) is 1. The number of carboxylic acid groups (broad SMARTS) is 1. The molecule has 0 bridgehead atoms. The van der Waals surface area contributed by atoms with Gasteiger partial charge >= 0.3 is 18.0 Å². The highest BCUT2D eigenvalue weighted by atomic mass is 16.6. The molecule has 0 saturated heterocycles. The van der Waals surface area contributed by atoms with Crippen LogP contribution in [0.2, 0.25) is 0 Å². The van der Waals surface area contributed by atoms with Crippen molar-refractivity contribution in [2.75, 3.05) is 12.4 Å². The second-order valence-electron chi connectivity index (χ2n) is 7.86. The zero-order chi connectivity index (χ0) is 23.2. The summed E-state index contributed by atoms with van der Waals surface area (Å²) in [4.78, 5) is 47.6. The molecule has 0 aliphatic carbocycles. The Hall–Kier alpha value is -3.62. The summed E-state index contributed by atoms with van der Waals surface area (Å²) < 4.78 is 9.82. The number of benzene rings is 2. The van der Waals surface area contributed by atoms with Crippen LogP contribution in [0.25, 0.3) is 10.8 Å². The number of ether oxygens (including phenoxy) is 2. The minimum absolute atomic E-state index is 0.00843. The van der Waals surface area contributed by atoms with Gasteiger partial charge in [-0.3, -0.25) is 4.79 Å². The summed E-state index contributed by atoms with van der Waals surface area (Å²) in [5.74, 6) is -2.10. The Bertz CT molecular complexity index is 995. The predicted octanol–water partition coefficient (Wildman–Crippen LogP) is 3.32. The molecule has 0 radical (unpaired) electrons. The van der Waals surface area contributed by atoms with Gasteiger partial charge in [0.1, 0.15) is 11.6 Å². The van der Waals surface area contributed by atoms with Crippen molar-refractivity contribution in [3.05, 3.63) is 42.0 Å². The van der Waals surface area contributed by atoms with E-state index in [0.29, 0.717) is 16.5 Å². The predicted molar refractivity (Wildman–Crippen MR) is 114 cm³/mol. The van der Waals surface area contributed by atoms with Gasteiger partial charge in [-0.2, -0.15) is 0 Å². The van der Waals surface area contributed by atoms with Crippen LogP contribution in [0.4, 0.5) is 10.5 Å². The summed E-state index contributed by atoms with van der Waals surface area (Å²) in [5, 5.41) is 15.6. The van der Waals surface area contributed by atoms with E-state index in [2.05, 4.69) is 15.4 Å². The van der Waals surface area contributed by atoms with Crippen LogP contribution in [-0.4, -0.2) is 47.8 Å². The highest BCUT2D eigenvalue weighted by Gasteiger charge is 2.25. The average molecular weight is 430 g/mol. The fourth-order valence-electron chi connectivity index (χ4n) is 2.89. The van der Waals surface area contributed by atoms with Crippen LogP contribution in [-0.2, 0) is 19.1 Å². The Morgan fingerprint density at radius 1 is 1.10 bits per heavy atom. The summed E-state index contributed by atoms with van der Waals surface area (Å²) in [6.07, 6.45) is -0.843. The third-order valence-corrected chi connectivity index (χ3v) is 4.23. The fraction of sp³-hybridized carbons (Fsp3) is 0.364. The molecular formula is C22H26N2O7. The first-order valence-electron chi connectivity index (χ1n) is 9.63. The zero-order valence-corrected chi connectivity index (χ0v) is 17.9. The van der Waals surface area contributed by atoms with E-state index in [1.165, 1.54) is 13.2 Å². The van der Waals surface area contributed by atoms with Gasteiger partial charge in [0, 0.05) is 12.1 Å². The molecule has 0 fully saturated rings. The summed E-state index contributed by atoms with van der Waals surface area (Å²) in [6, 6.07) is 8.72. The van der Waals surface area contributed by atoms with Gasteiger partial charge in [0.2, 0.25) is 5.91 Å².